The number of sulfonamides is 1. The number of aromatic nitrogens is 2. The van der Waals surface area contributed by atoms with Crippen molar-refractivity contribution in [3.63, 3.8) is 0 Å². The van der Waals surface area contributed by atoms with E-state index >= 15 is 0 Å². The number of para-hydroxylation sites is 1. The summed E-state index contributed by atoms with van der Waals surface area (Å²) < 4.78 is 22.7. The van der Waals surface area contributed by atoms with Crippen LogP contribution < -0.4 is 21.4 Å². The summed E-state index contributed by atoms with van der Waals surface area (Å²) in [5.41, 5.74) is 6.11. The zero-order chi connectivity index (χ0) is 24.8. The summed E-state index contributed by atoms with van der Waals surface area (Å²) >= 11 is 0. The van der Waals surface area contributed by atoms with E-state index < -0.39 is 15.6 Å². The Morgan fingerprint density at radius 3 is 2.20 bits per heavy atom. The lowest BCUT2D eigenvalue weighted by Gasteiger charge is -2.05. The predicted octanol–water partition coefficient (Wildman–Crippen LogP) is 4.35. The number of H-pyrrole nitrogens is 2. The SMILES string of the molecule is C/C(=N\Nc1ccc(S(N)(=O)=O)cc1)c1ccc(N=Nc2c(Nc3ccccc3)[nH][nH]c2=O)cc1. The van der Waals surface area contributed by atoms with E-state index in [1.807, 2.05) is 49.4 Å². The van der Waals surface area contributed by atoms with Crippen LogP contribution in [-0.2, 0) is 10.0 Å². The van der Waals surface area contributed by atoms with Crippen LogP contribution in [0.2, 0.25) is 0 Å². The highest BCUT2D eigenvalue weighted by atomic mass is 32.2. The van der Waals surface area contributed by atoms with Crippen molar-refractivity contribution in [3.8, 4) is 0 Å². The quantitative estimate of drug-likeness (QED) is 0.140. The van der Waals surface area contributed by atoms with Crippen molar-refractivity contribution in [3.05, 3.63) is 94.8 Å². The average molecular weight is 491 g/mol. The number of azo groups is 1. The van der Waals surface area contributed by atoms with Gasteiger partial charge in [0.1, 0.15) is 0 Å². The van der Waals surface area contributed by atoms with Gasteiger partial charge >= 0.3 is 0 Å². The molecule has 0 saturated heterocycles. The predicted molar refractivity (Wildman–Crippen MR) is 135 cm³/mol. The summed E-state index contributed by atoms with van der Waals surface area (Å²) in [6.45, 7) is 1.82. The van der Waals surface area contributed by atoms with Crippen LogP contribution in [0.5, 0.6) is 0 Å². The Labute approximate surface area is 200 Å². The molecule has 6 N–H and O–H groups in total. The number of aromatic amines is 2. The summed E-state index contributed by atoms with van der Waals surface area (Å²) in [7, 11) is -3.74. The molecule has 3 aromatic carbocycles. The Balaban J connectivity index is 1.43. The van der Waals surface area contributed by atoms with Crippen molar-refractivity contribution >= 4 is 44.3 Å². The van der Waals surface area contributed by atoms with Crippen LogP contribution in [0.25, 0.3) is 0 Å². The van der Waals surface area contributed by atoms with Gasteiger partial charge in [-0.1, -0.05) is 30.3 Å². The molecule has 35 heavy (non-hydrogen) atoms. The Morgan fingerprint density at radius 1 is 0.857 bits per heavy atom. The van der Waals surface area contributed by atoms with Crippen LogP contribution in [0.3, 0.4) is 0 Å². The second-order valence-electron chi connectivity index (χ2n) is 7.42. The third-order valence-corrected chi connectivity index (χ3v) is 5.81. The molecule has 0 spiro atoms. The maximum Gasteiger partial charge on any atom is 0.294 e. The van der Waals surface area contributed by atoms with E-state index in [9.17, 15) is 13.2 Å². The minimum Gasteiger partial charge on any atom is -0.339 e. The number of hydrogen-bond donors (Lipinski definition) is 5. The van der Waals surface area contributed by atoms with Gasteiger partial charge in [-0.3, -0.25) is 20.4 Å². The lowest BCUT2D eigenvalue weighted by Crippen LogP contribution is -2.11. The Hall–Kier alpha value is -4.55. The second kappa shape index (κ2) is 10.2. The summed E-state index contributed by atoms with van der Waals surface area (Å²) in [4.78, 5) is 12.1. The van der Waals surface area contributed by atoms with Gasteiger partial charge in [-0.2, -0.15) is 10.2 Å². The molecule has 0 saturated carbocycles. The number of nitrogens with zero attached hydrogens (tertiary/aromatic N) is 3. The molecule has 0 fully saturated rings. The van der Waals surface area contributed by atoms with Gasteiger partial charge in [-0.05, 0) is 61.0 Å². The van der Waals surface area contributed by atoms with Crippen LogP contribution >= 0.6 is 0 Å². The molecule has 11 nitrogen and oxygen atoms in total. The van der Waals surface area contributed by atoms with Crippen molar-refractivity contribution in [2.75, 3.05) is 10.7 Å². The number of hydrogen-bond acceptors (Lipinski definition) is 8. The van der Waals surface area contributed by atoms with Crippen molar-refractivity contribution in [1.82, 2.24) is 10.2 Å². The standard InChI is InChI=1S/C23H22N8O3S/c1-15(26-27-19-11-13-20(14-12-19)35(24,33)34)16-7-9-18(10-8-16)28-29-21-22(30-31-23(21)32)25-17-5-3-2-4-6-17/h2-14,27H,1H3,(H2,24,33,34)(H3,25,30,31,32)/b26-15+,29-28?. The molecular weight excluding hydrogens is 468 g/mol. The van der Waals surface area contributed by atoms with Gasteiger partial charge in [0.05, 0.1) is 22.0 Å². The van der Waals surface area contributed by atoms with Crippen molar-refractivity contribution in [2.45, 2.75) is 11.8 Å². The fourth-order valence-electron chi connectivity index (χ4n) is 3.01. The van der Waals surface area contributed by atoms with E-state index in [1.54, 1.807) is 24.3 Å². The minimum absolute atomic E-state index is 0.0260. The summed E-state index contributed by atoms with van der Waals surface area (Å²) in [5.74, 6) is 0.410. The van der Waals surface area contributed by atoms with Gasteiger partial charge in [0.15, 0.2) is 11.5 Å². The molecule has 1 aromatic heterocycles. The molecule has 0 aliphatic rings. The molecule has 0 atom stereocenters. The van der Waals surface area contributed by atoms with Gasteiger partial charge in [0.2, 0.25) is 10.0 Å². The first-order chi connectivity index (χ1) is 16.8. The fraction of sp³-hybridized carbons (Fsp3) is 0.0435. The van der Waals surface area contributed by atoms with Gasteiger partial charge < -0.3 is 5.32 Å². The zero-order valence-electron chi connectivity index (χ0n) is 18.6. The Bertz CT molecular complexity index is 1520. The molecule has 178 valence electrons. The monoisotopic (exact) mass is 490 g/mol. The molecule has 4 aromatic rings. The van der Waals surface area contributed by atoms with Crippen molar-refractivity contribution < 1.29 is 8.42 Å². The van der Waals surface area contributed by atoms with E-state index in [4.69, 9.17) is 5.14 Å². The molecule has 12 heteroatoms. The number of anilines is 3. The lowest BCUT2D eigenvalue weighted by atomic mass is 10.1. The van der Waals surface area contributed by atoms with E-state index in [2.05, 4.69) is 36.3 Å². The second-order valence-corrected chi connectivity index (χ2v) is 8.98. The maximum atomic E-state index is 12.1. The first-order valence-electron chi connectivity index (χ1n) is 10.4. The fourth-order valence-corrected chi connectivity index (χ4v) is 3.53. The zero-order valence-corrected chi connectivity index (χ0v) is 19.4. The highest BCUT2D eigenvalue weighted by Gasteiger charge is 2.10. The molecule has 0 amide bonds. The molecule has 1 heterocycles. The minimum atomic E-state index is -3.74. The lowest BCUT2D eigenvalue weighted by molar-refractivity contribution is 0.598. The van der Waals surface area contributed by atoms with Gasteiger partial charge in [0.25, 0.3) is 5.56 Å². The van der Waals surface area contributed by atoms with E-state index in [1.165, 1.54) is 12.1 Å². The van der Waals surface area contributed by atoms with E-state index in [-0.39, 0.29) is 10.6 Å². The molecule has 0 radical (unpaired) electrons. The highest BCUT2D eigenvalue weighted by Crippen LogP contribution is 2.24. The molecule has 0 aliphatic heterocycles. The topological polar surface area (TPSA) is 170 Å². The van der Waals surface area contributed by atoms with E-state index in [0.29, 0.717) is 22.9 Å². The maximum absolute atomic E-state index is 12.1. The van der Waals surface area contributed by atoms with E-state index in [0.717, 1.165) is 11.3 Å². The van der Waals surface area contributed by atoms with Gasteiger partial charge in [-0.15, -0.1) is 5.11 Å². The third-order valence-electron chi connectivity index (χ3n) is 4.88. The molecule has 0 unspecified atom stereocenters. The van der Waals surface area contributed by atoms with Crippen LogP contribution in [0.1, 0.15) is 12.5 Å². The molecular formula is C23H22N8O3S. The summed E-state index contributed by atoms with van der Waals surface area (Å²) in [6.07, 6.45) is 0. The number of primary sulfonamides is 1. The normalized spacial score (nSPS) is 12.1. The smallest absolute Gasteiger partial charge is 0.294 e. The van der Waals surface area contributed by atoms with Crippen molar-refractivity contribution in [1.29, 1.82) is 0 Å². The van der Waals surface area contributed by atoms with Gasteiger partial charge in [-0.25, -0.2) is 13.6 Å². The summed E-state index contributed by atoms with van der Waals surface area (Å²) in [5, 5.41) is 26.0. The summed E-state index contributed by atoms with van der Waals surface area (Å²) in [6, 6.07) is 22.5. The first kappa shape index (κ1) is 23.6. The molecule has 0 aliphatic carbocycles. The van der Waals surface area contributed by atoms with Crippen molar-refractivity contribution in [2.24, 2.45) is 20.5 Å². The van der Waals surface area contributed by atoms with Crippen LogP contribution in [-0.4, -0.2) is 24.3 Å². The third kappa shape index (κ3) is 6.07. The highest BCUT2D eigenvalue weighted by molar-refractivity contribution is 7.89. The van der Waals surface area contributed by atoms with Crippen LogP contribution in [0, 0.1) is 0 Å². The number of rotatable bonds is 8. The molecule has 4 rings (SSSR count). The number of hydrazone groups is 1. The van der Waals surface area contributed by atoms with Crippen LogP contribution in [0.15, 0.2) is 104 Å². The largest absolute Gasteiger partial charge is 0.339 e. The number of benzene rings is 3. The Morgan fingerprint density at radius 2 is 1.54 bits per heavy atom. The van der Waals surface area contributed by atoms with Crippen LogP contribution in [0.4, 0.5) is 28.6 Å². The molecule has 0 bridgehead atoms. The number of nitrogens with one attached hydrogen (secondary N) is 4. The average Bonchev–Trinajstić information content (AvgIpc) is 3.20. The first-order valence-corrected chi connectivity index (χ1v) is 11.9. The number of nitrogens with two attached hydrogens (primary N) is 1. The Kier molecular flexibility index (Phi) is 6.85. The van der Waals surface area contributed by atoms with Gasteiger partial charge in [0, 0.05) is 5.69 Å².